The number of hydrogen-bond donors (Lipinski definition) is 2. The Balaban J connectivity index is 0.852. The average Bonchev–Trinajstić information content (AvgIpc) is 3.75. The maximum Gasteiger partial charge on any atom is 0.0841 e. The first kappa shape index (κ1) is 36.4. The van der Waals surface area contributed by atoms with Crippen LogP contribution in [-0.2, 0) is 0 Å². The summed E-state index contributed by atoms with van der Waals surface area (Å²) < 4.78 is 0. The number of fused-ring (bicyclic) bond motifs is 2. The third-order valence-electron chi connectivity index (χ3n) is 12.3. The first-order chi connectivity index (χ1) is 27.6. The summed E-state index contributed by atoms with van der Waals surface area (Å²) in [7, 11) is 0. The van der Waals surface area contributed by atoms with Crippen LogP contribution in [0.25, 0.3) is 0 Å². The lowest BCUT2D eigenvalue weighted by atomic mass is 9.84. The van der Waals surface area contributed by atoms with Gasteiger partial charge in [0.05, 0.1) is 24.3 Å². The van der Waals surface area contributed by atoms with Crippen molar-refractivity contribution in [2.45, 2.75) is 36.1 Å². The van der Waals surface area contributed by atoms with Gasteiger partial charge in [0.15, 0.2) is 0 Å². The number of aliphatic hydroxyl groups is 2. The van der Waals surface area contributed by atoms with E-state index in [2.05, 4.69) is 189 Å². The molecule has 0 saturated carbocycles. The molecule has 0 aromatic heterocycles. The Morgan fingerprint density at radius 2 is 0.679 bits per heavy atom. The van der Waals surface area contributed by atoms with Crippen molar-refractivity contribution in [2.24, 2.45) is 0 Å². The standard InChI is InChI=1S/C50H52N4O2/c55-41(35-53-45-27-15-13-25-43(45)47(37-17-5-1-6-18-37)49(53)39-21-9-3-10-22-39)33-51-29-31-52(32-30-51)34-42(56)36-54-46-28-16-14-26-44(46)48(38-19-7-2-8-20-38)50(54)40-23-11-4-12-24-40/h1-28,41-42,47-50,55-56H,29-36H2/t41-,42+,47-,48-,49-,50-/m0/s1. The van der Waals surface area contributed by atoms with Crippen molar-refractivity contribution in [2.75, 3.05) is 62.2 Å². The molecule has 6 nitrogen and oxygen atoms in total. The van der Waals surface area contributed by atoms with Gasteiger partial charge < -0.3 is 20.0 Å². The molecule has 2 N–H and O–H groups in total. The van der Waals surface area contributed by atoms with Crippen LogP contribution in [0.5, 0.6) is 0 Å². The van der Waals surface area contributed by atoms with Gasteiger partial charge in [-0.25, -0.2) is 0 Å². The highest BCUT2D eigenvalue weighted by Gasteiger charge is 2.42. The molecule has 1 saturated heterocycles. The number of β-amino-alcohol motifs (C(OH)–C–C–N with tert-alkyl or cyclic N) is 2. The molecule has 3 heterocycles. The molecular weight excluding hydrogens is 689 g/mol. The van der Waals surface area contributed by atoms with Gasteiger partial charge in [0.1, 0.15) is 0 Å². The van der Waals surface area contributed by atoms with Crippen LogP contribution in [0.4, 0.5) is 11.4 Å². The summed E-state index contributed by atoms with van der Waals surface area (Å²) in [4.78, 5) is 9.69. The number of benzene rings is 6. The van der Waals surface area contributed by atoms with E-state index < -0.39 is 12.2 Å². The van der Waals surface area contributed by atoms with Crippen molar-refractivity contribution in [3.8, 4) is 0 Å². The Morgan fingerprint density at radius 3 is 1.04 bits per heavy atom. The van der Waals surface area contributed by atoms with Crippen molar-refractivity contribution in [3.63, 3.8) is 0 Å². The fraction of sp³-hybridized carbons (Fsp3) is 0.280. The third-order valence-corrected chi connectivity index (χ3v) is 12.3. The van der Waals surface area contributed by atoms with Gasteiger partial charge in [0.2, 0.25) is 0 Å². The van der Waals surface area contributed by atoms with E-state index in [1.54, 1.807) is 0 Å². The summed E-state index contributed by atoms with van der Waals surface area (Å²) >= 11 is 0. The minimum Gasteiger partial charge on any atom is -0.390 e. The van der Waals surface area contributed by atoms with Crippen LogP contribution >= 0.6 is 0 Å². The lowest BCUT2D eigenvalue weighted by molar-refractivity contribution is 0.0512. The molecular formula is C50H52N4O2. The number of rotatable bonds is 12. The minimum absolute atomic E-state index is 0.0935. The van der Waals surface area contributed by atoms with Gasteiger partial charge in [-0.3, -0.25) is 9.80 Å². The summed E-state index contributed by atoms with van der Waals surface area (Å²) in [5, 5.41) is 23.5. The van der Waals surface area contributed by atoms with E-state index in [1.807, 2.05) is 0 Å². The molecule has 3 aliphatic heterocycles. The average molecular weight is 741 g/mol. The van der Waals surface area contributed by atoms with Crippen LogP contribution in [0.1, 0.15) is 57.3 Å². The van der Waals surface area contributed by atoms with E-state index >= 15 is 0 Å². The zero-order valence-corrected chi connectivity index (χ0v) is 32.0. The molecule has 0 amide bonds. The van der Waals surface area contributed by atoms with Crippen molar-refractivity contribution in [1.29, 1.82) is 0 Å². The molecule has 6 aromatic carbocycles. The molecule has 0 bridgehead atoms. The lowest BCUT2D eigenvalue weighted by Crippen LogP contribution is -2.52. The van der Waals surface area contributed by atoms with Gasteiger partial charge in [-0.1, -0.05) is 158 Å². The number of para-hydroxylation sites is 2. The molecule has 0 radical (unpaired) electrons. The van der Waals surface area contributed by atoms with Crippen molar-refractivity contribution in [3.05, 3.63) is 203 Å². The largest absolute Gasteiger partial charge is 0.390 e. The van der Waals surface area contributed by atoms with Crippen LogP contribution in [0.2, 0.25) is 0 Å². The van der Waals surface area contributed by atoms with E-state index in [1.165, 1.54) is 44.8 Å². The van der Waals surface area contributed by atoms with Crippen LogP contribution in [0.15, 0.2) is 170 Å². The summed E-state index contributed by atoms with van der Waals surface area (Å²) in [6, 6.07) is 60.8. The summed E-state index contributed by atoms with van der Waals surface area (Å²) in [6.45, 7) is 5.82. The molecule has 56 heavy (non-hydrogen) atoms. The normalized spacial score (nSPS) is 22.1. The minimum atomic E-state index is -0.511. The van der Waals surface area contributed by atoms with Crippen molar-refractivity contribution >= 4 is 11.4 Å². The maximum absolute atomic E-state index is 11.7. The first-order valence-corrected chi connectivity index (χ1v) is 20.3. The van der Waals surface area contributed by atoms with Crippen LogP contribution in [-0.4, -0.2) is 84.6 Å². The van der Waals surface area contributed by atoms with Gasteiger partial charge in [0.25, 0.3) is 0 Å². The van der Waals surface area contributed by atoms with Crippen molar-refractivity contribution in [1.82, 2.24) is 9.80 Å². The predicted molar refractivity (Wildman–Crippen MR) is 227 cm³/mol. The molecule has 284 valence electrons. The van der Waals surface area contributed by atoms with E-state index in [9.17, 15) is 10.2 Å². The number of piperazine rings is 1. The zero-order valence-electron chi connectivity index (χ0n) is 32.0. The Kier molecular flexibility index (Phi) is 10.7. The van der Waals surface area contributed by atoms with Crippen LogP contribution in [0, 0.1) is 0 Å². The lowest BCUT2D eigenvalue weighted by Gasteiger charge is -2.39. The SMILES string of the molecule is O[C@H](CN1CCN(C[C@H](O)CN2c3ccccc3[C@H](c3ccccc3)[C@@H]2c2ccccc2)CC1)CN1c2ccccc2[C@H](c2ccccc2)[C@@H]1c1ccccc1. The second-order valence-electron chi connectivity index (χ2n) is 15.8. The molecule has 3 aliphatic rings. The van der Waals surface area contributed by atoms with E-state index in [0.29, 0.717) is 26.2 Å². The Labute approximate surface area is 331 Å². The highest BCUT2D eigenvalue weighted by atomic mass is 16.3. The van der Waals surface area contributed by atoms with Gasteiger partial charge in [-0.05, 0) is 45.5 Å². The quantitative estimate of drug-likeness (QED) is 0.132. The Hall–Kier alpha value is -5.24. The second kappa shape index (κ2) is 16.5. The maximum atomic E-state index is 11.7. The second-order valence-corrected chi connectivity index (χ2v) is 15.8. The third kappa shape index (κ3) is 7.38. The molecule has 6 atom stereocenters. The molecule has 0 unspecified atom stereocenters. The molecule has 6 aromatic rings. The topological polar surface area (TPSA) is 53.4 Å². The smallest absolute Gasteiger partial charge is 0.0841 e. The van der Waals surface area contributed by atoms with Crippen LogP contribution < -0.4 is 9.80 Å². The Bertz CT molecular complexity index is 2000. The number of aliphatic hydroxyl groups excluding tert-OH is 2. The van der Waals surface area contributed by atoms with Crippen molar-refractivity contribution < 1.29 is 10.2 Å². The Morgan fingerprint density at radius 1 is 0.375 bits per heavy atom. The summed E-state index contributed by atoms with van der Waals surface area (Å²) in [5.41, 5.74) is 10.2. The summed E-state index contributed by atoms with van der Waals surface area (Å²) in [5.74, 6) is 0.358. The highest BCUT2D eigenvalue weighted by Crippen LogP contribution is 2.53. The van der Waals surface area contributed by atoms with Gasteiger partial charge >= 0.3 is 0 Å². The highest BCUT2D eigenvalue weighted by molar-refractivity contribution is 5.67. The van der Waals surface area contributed by atoms with E-state index in [0.717, 1.165) is 26.2 Å². The molecule has 0 aliphatic carbocycles. The zero-order chi connectivity index (χ0) is 37.8. The van der Waals surface area contributed by atoms with E-state index in [-0.39, 0.29) is 23.9 Å². The van der Waals surface area contributed by atoms with Gasteiger partial charge in [-0.15, -0.1) is 0 Å². The predicted octanol–water partition coefficient (Wildman–Crippen LogP) is 8.11. The van der Waals surface area contributed by atoms with Gasteiger partial charge in [-0.2, -0.15) is 0 Å². The molecule has 9 rings (SSSR count). The molecule has 0 spiro atoms. The fourth-order valence-corrected chi connectivity index (χ4v) is 9.86. The number of anilines is 2. The fourth-order valence-electron chi connectivity index (χ4n) is 9.86. The molecule has 1 fully saturated rings. The number of nitrogens with zero attached hydrogens (tertiary/aromatic N) is 4. The monoisotopic (exact) mass is 740 g/mol. The summed E-state index contributed by atoms with van der Waals surface area (Å²) in [6.07, 6.45) is -1.02. The number of hydrogen-bond acceptors (Lipinski definition) is 6. The van der Waals surface area contributed by atoms with Crippen LogP contribution in [0.3, 0.4) is 0 Å². The van der Waals surface area contributed by atoms with E-state index in [4.69, 9.17) is 0 Å². The molecule has 6 heteroatoms. The van der Waals surface area contributed by atoms with Gasteiger partial charge in [0, 0.05) is 75.6 Å². The first-order valence-electron chi connectivity index (χ1n) is 20.3.